The molecular formula is C30H27F3N4O3. The van der Waals surface area contributed by atoms with E-state index >= 15 is 0 Å². The topological polar surface area (TPSA) is 84.7 Å². The summed E-state index contributed by atoms with van der Waals surface area (Å²) in [7, 11) is 0. The van der Waals surface area contributed by atoms with Crippen molar-refractivity contribution in [2.45, 2.75) is 50.7 Å². The van der Waals surface area contributed by atoms with Crippen LogP contribution in [0.4, 0.5) is 23.7 Å². The van der Waals surface area contributed by atoms with E-state index in [4.69, 9.17) is 0 Å². The Balaban J connectivity index is 1.45. The van der Waals surface area contributed by atoms with Gasteiger partial charge in [0, 0.05) is 36.2 Å². The fourth-order valence-electron chi connectivity index (χ4n) is 6.41. The Morgan fingerprint density at radius 1 is 1.02 bits per heavy atom. The van der Waals surface area contributed by atoms with Crippen molar-refractivity contribution in [3.63, 3.8) is 0 Å². The van der Waals surface area contributed by atoms with Crippen LogP contribution >= 0.6 is 0 Å². The summed E-state index contributed by atoms with van der Waals surface area (Å²) < 4.78 is 40.8. The van der Waals surface area contributed by atoms with Gasteiger partial charge < -0.3 is 9.80 Å². The van der Waals surface area contributed by atoms with Gasteiger partial charge in [0.1, 0.15) is 6.54 Å². The molecule has 1 saturated carbocycles. The van der Waals surface area contributed by atoms with Gasteiger partial charge in [-0.05, 0) is 61.6 Å². The third-order valence-electron chi connectivity index (χ3n) is 8.63. The lowest BCUT2D eigenvalue weighted by molar-refractivity contribution is -0.150. The molecule has 2 aliphatic heterocycles. The predicted molar refractivity (Wildman–Crippen MR) is 139 cm³/mol. The van der Waals surface area contributed by atoms with E-state index in [-0.39, 0.29) is 35.8 Å². The number of nitrogens with zero attached hydrogens (tertiary/aromatic N) is 4. The first-order valence-corrected chi connectivity index (χ1v) is 13.4. The zero-order chi connectivity index (χ0) is 28.2. The van der Waals surface area contributed by atoms with E-state index in [1.165, 1.54) is 21.9 Å². The van der Waals surface area contributed by atoms with Crippen LogP contribution in [0.5, 0.6) is 0 Å². The lowest BCUT2D eigenvalue weighted by Gasteiger charge is -2.56. The van der Waals surface area contributed by atoms with Crippen molar-refractivity contribution in [1.29, 1.82) is 5.26 Å². The van der Waals surface area contributed by atoms with E-state index in [1.54, 1.807) is 29.2 Å². The van der Waals surface area contributed by atoms with Crippen LogP contribution in [0.2, 0.25) is 0 Å². The van der Waals surface area contributed by atoms with E-state index in [0.29, 0.717) is 48.3 Å². The highest BCUT2D eigenvalue weighted by atomic mass is 19.4. The number of hydrogen-bond donors (Lipinski definition) is 0. The molecular weight excluding hydrogens is 521 g/mol. The Kier molecular flexibility index (Phi) is 6.21. The number of benzene rings is 2. The van der Waals surface area contributed by atoms with Gasteiger partial charge in [0.2, 0.25) is 5.91 Å². The van der Waals surface area contributed by atoms with Crippen LogP contribution in [0.3, 0.4) is 0 Å². The molecule has 1 spiro atoms. The minimum absolute atomic E-state index is 0.00452. The molecule has 0 bridgehead atoms. The number of likely N-dealkylation sites (tertiary alicyclic amines) is 1. The molecule has 2 aromatic rings. The molecule has 1 saturated heterocycles. The number of urea groups is 1. The number of hydrogen-bond acceptors (Lipinski definition) is 4. The lowest BCUT2D eigenvalue weighted by Crippen LogP contribution is -2.63. The van der Waals surface area contributed by atoms with E-state index in [9.17, 15) is 32.8 Å². The number of carbonyl (C=O) groups is 3. The normalized spacial score (nSPS) is 22.1. The van der Waals surface area contributed by atoms with Crippen LogP contribution in [-0.2, 0) is 15.8 Å². The third kappa shape index (κ3) is 4.34. The smallest absolute Gasteiger partial charge is 0.340 e. The number of amides is 3. The van der Waals surface area contributed by atoms with E-state index < -0.39 is 23.8 Å². The summed E-state index contributed by atoms with van der Waals surface area (Å²) in [4.78, 5) is 45.3. The maximum atomic E-state index is 14.2. The summed E-state index contributed by atoms with van der Waals surface area (Å²) in [6.45, 7) is 0.929. The van der Waals surface area contributed by atoms with Gasteiger partial charge in [0.25, 0.3) is 0 Å². The second-order valence-electron chi connectivity index (χ2n) is 11.2. The third-order valence-corrected chi connectivity index (χ3v) is 8.63. The van der Waals surface area contributed by atoms with Gasteiger partial charge in [0.15, 0.2) is 5.78 Å². The van der Waals surface area contributed by atoms with Crippen LogP contribution in [0.25, 0.3) is 0 Å². The molecule has 2 aromatic carbocycles. The zero-order valence-corrected chi connectivity index (χ0v) is 21.7. The highest BCUT2D eigenvalue weighted by molar-refractivity contribution is 6.07. The molecule has 7 nitrogen and oxygen atoms in total. The van der Waals surface area contributed by atoms with Crippen LogP contribution < -0.4 is 4.90 Å². The molecule has 6 rings (SSSR count). The van der Waals surface area contributed by atoms with Gasteiger partial charge in [-0.3, -0.25) is 14.5 Å². The Morgan fingerprint density at radius 2 is 1.75 bits per heavy atom. The number of carbonyl (C=O) groups excluding carboxylic acids is 3. The number of ketones is 1. The van der Waals surface area contributed by atoms with Gasteiger partial charge in [-0.1, -0.05) is 24.6 Å². The first kappa shape index (κ1) is 26.1. The maximum absolute atomic E-state index is 14.2. The molecule has 1 unspecified atom stereocenters. The Morgan fingerprint density at radius 3 is 2.38 bits per heavy atom. The first-order valence-electron chi connectivity index (χ1n) is 13.4. The van der Waals surface area contributed by atoms with E-state index in [1.807, 2.05) is 6.07 Å². The second-order valence-corrected chi connectivity index (χ2v) is 11.2. The quantitative estimate of drug-likeness (QED) is 0.499. The Hall–Kier alpha value is -4.13. The van der Waals surface area contributed by atoms with Crippen LogP contribution in [-0.4, -0.2) is 47.2 Å². The van der Waals surface area contributed by atoms with Crippen molar-refractivity contribution >= 4 is 23.4 Å². The minimum Gasteiger partial charge on any atom is -0.340 e. The number of alkyl halides is 3. The molecule has 206 valence electrons. The number of nitriles is 1. The monoisotopic (exact) mass is 548 g/mol. The largest absolute Gasteiger partial charge is 0.416 e. The lowest BCUT2D eigenvalue weighted by atomic mass is 9.63. The van der Waals surface area contributed by atoms with E-state index in [0.717, 1.165) is 31.4 Å². The fraction of sp³-hybridized carbons (Fsp3) is 0.400. The van der Waals surface area contributed by atoms with Gasteiger partial charge in [-0.2, -0.15) is 18.4 Å². The summed E-state index contributed by atoms with van der Waals surface area (Å²) in [5.74, 6) is -0.476. The summed E-state index contributed by atoms with van der Waals surface area (Å²) in [6.07, 6.45) is -0.334. The second kappa shape index (κ2) is 9.51. The minimum atomic E-state index is -4.62. The van der Waals surface area contributed by atoms with Crippen molar-refractivity contribution in [1.82, 2.24) is 9.80 Å². The van der Waals surface area contributed by atoms with Crippen molar-refractivity contribution in [2.24, 2.45) is 5.41 Å². The molecule has 10 heteroatoms. The average Bonchev–Trinajstić information content (AvgIpc) is 2.88. The van der Waals surface area contributed by atoms with Gasteiger partial charge in [-0.25, -0.2) is 4.79 Å². The van der Waals surface area contributed by atoms with Crippen molar-refractivity contribution < 1.29 is 27.6 Å². The number of anilines is 1. The summed E-state index contributed by atoms with van der Waals surface area (Å²) in [6, 6.07) is 11.5. The molecule has 0 N–H and O–H groups in total. The maximum Gasteiger partial charge on any atom is 0.416 e. The average molecular weight is 549 g/mol. The highest BCUT2D eigenvalue weighted by Gasteiger charge is 2.51. The molecule has 3 amide bonds. The summed E-state index contributed by atoms with van der Waals surface area (Å²) >= 11 is 0. The highest BCUT2D eigenvalue weighted by Crippen LogP contribution is 2.49. The van der Waals surface area contributed by atoms with Gasteiger partial charge in [0.05, 0.1) is 28.9 Å². The van der Waals surface area contributed by atoms with Gasteiger partial charge in [-0.15, -0.1) is 0 Å². The molecule has 1 atom stereocenters. The van der Waals surface area contributed by atoms with Crippen LogP contribution in [0.1, 0.15) is 61.3 Å². The molecule has 2 aliphatic carbocycles. The molecule has 2 heterocycles. The van der Waals surface area contributed by atoms with Crippen LogP contribution in [0.15, 0.2) is 59.8 Å². The first-order chi connectivity index (χ1) is 19.1. The van der Waals surface area contributed by atoms with Crippen molar-refractivity contribution in [3.05, 3.63) is 76.5 Å². The summed E-state index contributed by atoms with van der Waals surface area (Å²) in [5, 5.41) is 9.27. The Labute approximate surface area is 229 Å². The van der Waals surface area contributed by atoms with Gasteiger partial charge >= 0.3 is 12.2 Å². The molecule has 40 heavy (non-hydrogen) atoms. The SMILES string of the molecule is N#Cc1ccc(C2C3=C(CCCC3=O)N(c3cccc(C(F)(F)F)c3)C(=O)N2CC(=O)N2CC3(CCC3)C2)cc1. The molecule has 2 fully saturated rings. The Bertz CT molecular complexity index is 1460. The molecule has 0 radical (unpaired) electrons. The number of rotatable bonds is 4. The molecule has 4 aliphatic rings. The van der Waals surface area contributed by atoms with E-state index in [2.05, 4.69) is 0 Å². The molecule has 0 aromatic heterocycles. The van der Waals surface area contributed by atoms with Crippen LogP contribution in [0, 0.1) is 16.7 Å². The number of Topliss-reactive ketones (excluding diaryl/α,β-unsaturated/α-hetero) is 1. The zero-order valence-electron chi connectivity index (χ0n) is 21.7. The fourth-order valence-corrected chi connectivity index (χ4v) is 6.41. The summed E-state index contributed by atoms with van der Waals surface area (Å²) in [5.41, 5.74) is 0.879. The number of allylic oxidation sites excluding steroid dienone is 1. The van der Waals surface area contributed by atoms with Crippen molar-refractivity contribution in [3.8, 4) is 6.07 Å². The number of halogens is 3. The van der Waals surface area contributed by atoms with Crippen molar-refractivity contribution in [2.75, 3.05) is 24.5 Å². The standard InChI is InChI=1S/C30H27F3N4O3/c31-30(32,33)21-4-1-5-22(14-21)37-23-6-2-7-24(38)26(23)27(20-10-8-19(15-34)9-11-20)36(28(37)40)16-25(39)35-17-29(18-35)12-3-13-29/h1,4-5,8-11,14,27H,2-3,6-7,12-13,16-18H2. The predicted octanol–water partition coefficient (Wildman–Crippen LogP) is 5.58.